The summed E-state index contributed by atoms with van der Waals surface area (Å²) in [6.45, 7) is -0.00329. The maximum absolute atomic E-state index is 13.6. The Bertz CT molecular complexity index is 1090. The van der Waals surface area contributed by atoms with Crippen LogP contribution in [0.1, 0.15) is 5.01 Å². The molecule has 0 bridgehead atoms. The Hall–Kier alpha value is -3.26. The second kappa shape index (κ2) is 7.05. The topological polar surface area (TPSA) is 69.4 Å². The quantitative estimate of drug-likeness (QED) is 0.657. The largest absolute Gasteiger partial charge is 0.510 e. The Morgan fingerprint density at radius 3 is 2.57 bits per heavy atom. The molecule has 0 spiro atoms. The summed E-state index contributed by atoms with van der Waals surface area (Å²) in [5, 5.41) is 21.1. The first-order valence-electron chi connectivity index (χ1n) is 8.32. The number of rotatable bonds is 4. The van der Waals surface area contributed by atoms with Crippen molar-refractivity contribution in [3.63, 3.8) is 0 Å². The molecule has 0 radical (unpaired) electrons. The van der Waals surface area contributed by atoms with Gasteiger partial charge in [-0.2, -0.15) is 0 Å². The first-order valence-corrected chi connectivity index (χ1v) is 9.20. The van der Waals surface area contributed by atoms with Crippen LogP contribution in [0.4, 0.5) is 14.5 Å². The summed E-state index contributed by atoms with van der Waals surface area (Å²) < 4.78 is 31.9. The molecule has 3 aromatic rings. The average molecular weight is 399 g/mol. The van der Waals surface area contributed by atoms with E-state index in [1.54, 1.807) is 7.11 Å². The molecule has 2 aromatic carbocycles. The molecule has 0 saturated heterocycles. The van der Waals surface area contributed by atoms with Gasteiger partial charge in [-0.1, -0.05) is 0 Å². The van der Waals surface area contributed by atoms with Crippen LogP contribution in [-0.2, 0) is 0 Å². The second-order valence-corrected chi connectivity index (χ2v) is 6.98. The first kappa shape index (κ1) is 18.1. The van der Waals surface area contributed by atoms with Crippen LogP contribution in [0.15, 0.2) is 53.6 Å². The van der Waals surface area contributed by atoms with Gasteiger partial charge in [0.25, 0.3) is 0 Å². The fraction of sp³-hybridized carbons (Fsp3) is 0.100. The van der Waals surface area contributed by atoms with Crippen LogP contribution in [0.2, 0.25) is 0 Å². The maximum atomic E-state index is 13.6. The van der Waals surface area contributed by atoms with Crippen LogP contribution in [0.3, 0.4) is 0 Å². The van der Waals surface area contributed by atoms with Crippen molar-refractivity contribution in [2.24, 2.45) is 0 Å². The standard InChI is InChI=1S/C20H15F2N3O2S/c1-27-13-5-2-11(3-6-13)16-10-28-20(24-16)18-17(26)9-25(19(18)23)12-4-7-14(21)15(22)8-12/h2-8,10,23,26H,9H2,1H3. The fourth-order valence-corrected chi connectivity index (χ4v) is 3.86. The summed E-state index contributed by atoms with van der Waals surface area (Å²) in [7, 11) is 1.59. The highest BCUT2D eigenvalue weighted by Crippen LogP contribution is 2.35. The highest BCUT2D eigenvalue weighted by molar-refractivity contribution is 7.11. The van der Waals surface area contributed by atoms with Crippen molar-refractivity contribution in [2.75, 3.05) is 18.6 Å². The van der Waals surface area contributed by atoms with Gasteiger partial charge in [0.1, 0.15) is 22.4 Å². The van der Waals surface area contributed by atoms with Crippen molar-refractivity contribution in [2.45, 2.75) is 0 Å². The molecule has 5 nitrogen and oxygen atoms in total. The monoisotopic (exact) mass is 399 g/mol. The lowest BCUT2D eigenvalue weighted by atomic mass is 10.1. The molecule has 0 atom stereocenters. The number of anilines is 1. The number of aromatic nitrogens is 1. The van der Waals surface area contributed by atoms with Gasteiger partial charge < -0.3 is 14.7 Å². The van der Waals surface area contributed by atoms with E-state index in [1.807, 2.05) is 29.6 Å². The smallest absolute Gasteiger partial charge is 0.160 e. The zero-order valence-corrected chi connectivity index (χ0v) is 15.6. The molecule has 2 N–H and O–H groups in total. The molecule has 0 unspecified atom stereocenters. The van der Waals surface area contributed by atoms with Gasteiger partial charge in [0.2, 0.25) is 0 Å². The van der Waals surface area contributed by atoms with E-state index >= 15 is 0 Å². The van der Waals surface area contributed by atoms with Crippen LogP contribution in [0, 0.1) is 17.0 Å². The van der Waals surface area contributed by atoms with E-state index in [2.05, 4.69) is 4.98 Å². The normalized spacial score (nSPS) is 14.1. The van der Waals surface area contributed by atoms with Gasteiger partial charge in [-0.3, -0.25) is 5.41 Å². The Kier molecular flexibility index (Phi) is 4.56. The Labute approximate surface area is 163 Å². The molecule has 0 fully saturated rings. The minimum absolute atomic E-state index is 0.00329. The van der Waals surface area contributed by atoms with Crippen molar-refractivity contribution in [3.8, 4) is 17.0 Å². The molecule has 1 aliphatic rings. The predicted molar refractivity (Wildman–Crippen MR) is 105 cm³/mol. The Morgan fingerprint density at radius 2 is 1.89 bits per heavy atom. The lowest BCUT2D eigenvalue weighted by Gasteiger charge is -2.18. The molecule has 2 heterocycles. The summed E-state index contributed by atoms with van der Waals surface area (Å²) in [6.07, 6.45) is 0. The van der Waals surface area contributed by atoms with Gasteiger partial charge in [-0.05, 0) is 36.4 Å². The van der Waals surface area contributed by atoms with E-state index in [0.29, 0.717) is 10.7 Å². The fourth-order valence-electron chi connectivity index (χ4n) is 2.96. The minimum Gasteiger partial charge on any atom is -0.510 e. The van der Waals surface area contributed by atoms with E-state index in [9.17, 15) is 13.9 Å². The molecule has 1 aliphatic heterocycles. The van der Waals surface area contributed by atoms with Crippen LogP contribution < -0.4 is 9.64 Å². The Balaban J connectivity index is 1.62. The number of amidine groups is 1. The molecule has 8 heteroatoms. The maximum Gasteiger partial charge on any atom is 0.160 e. The number of aliphatic hydroxyl groups excluding tert-OH is 1. The van der Waals surface area contributed by atoms with Gasteiger partial charge in [0.15, 0.2) is 11.6 Å². The van der Waals surface area contributed by atoms with Gasteiger partial charge in [0, 0.05) is 22.7 Å². The molecule has 0 amide bonds. The minimum atomic E-state index is -1.01. The number of thiazole rings is 1. The zero-order chi connectivity index (χ0) is 19.8. The summed E-state index contributed by atoms with van der Waals surface area (Å²) in [5.74, 6) is -1.28. The molecule has 1 aromatic heterocycles. The highest BCUT2D eigenvalue weighted by atomic mass is 32.1. The number of nitrogens with zero attached hydrogens (tertiary/aromatic N) is 2. The van der Waals surface area contributed by atoms with E-state index in [-0.39, 0.29) is 29.4 Å². The highest BCUT2D eigenvalue weighted by Gasteiger charge is 2.31. The van der Waals surface area contributed by atoms with E-state index in [4.69, 9.17) is 10.1 Å². The molecule has 0 aliphatic carbocycles. The SMILES string of the molecule is COc1ccc(-c2csc(C3=C(O)CN(c4ccc(F)c(F)c4)C3=N)n2)cc1. The number of aliphatic hydroxyl groups is 1. The van der Waals surface area contributed by atoms with Crippen LogP contribution in [0.5, 0.6) is 5.75 Å². The van der Waals surface area contributed by atoms with Crippen molar-refractivity contribution in [1.82, 2.24) is 4.98 Å². The van der Waals surface area contributed by atoms with Gasteiger partial charge in [0.05, 0.1) is 24.9 Å². The summed E-state index contributed by atoms with van der Waals surface area (Å²) in [6, 6.07) is 10.8. The Morgan fingerprint density at radius 1 is 1.14 bits per heavy atom. The summed E-state index contributed by atoms with van der Waals surface area (Å²) in [5.41, 5.74) is 2.17. The van der Waals surface area contributed by atoms with E-state index in [0.717, 1.165) is 23.4 Å². The first-order chi connectivity index (χ1) is 13.5. The van der Waals surface area contributed by atoms with Crippen molar-refractivity contribution in [3.05, 3.63) is 70.2 Å². The van der Waals surface area contributed by atoms with Crippen LogP contribution >= 0.6 is 11.3 Å². The van der Waals surface area contributed by atoms with E-state index in [1.165, 1.54) is 22.3 Å². The molecular formula is C20H15F2N3O2S. The van der Waals surface area contributed by atoms with Crippen molar-refractivity contribution in [1.29, 1.82) is 5.41 Å². The third-order valence-corrected chi connectivity index (χ3v) is 5.28. The van der Waals surface area contributed by atoms with Crippen LogP contribution in [-0.4, -0.2) is 29.6 Å². The molecule has 142 valence electrons. The predicted octanol–water partition coefficient (Wildman–Crippen LogP) is 4.86. The van der Waals surface area contributed by atoms with Gasteiger partial charge in [-0.15, -0.1) is 11.3 Å². The number of ether oxygens (including phenoxy) is 1. The zero-order valence-electron chi connectivity index (χ0n) is 14.7. The average Bonchev–Trinajstić information content (AvgIpc) is 3.28. The molecule has 28 heavy (non-hydrogen) atoms. The second-order valence-electron chi connectivity index (χ2n) is 6.12. The number of nitrogens with one attached hydrogen (secondary N) is 1. The summed E-state index contributed by atoms with van der Waals surface area (Å²) >= 11 is 1.30. The van der Waals surface area contributed by atoms with Gasteiger partial charge >= 0.3 is 0 Å². The van der Waals surface area contributed by atoms with Gasteiger partial charge in [-0.25, -0.2) is 13.8 Å². The van der Waals surface area contributed by atoms with Crippen molar-refractivity contribution >= 4 is 28.4 Å². The molecular weight excluding hydrogens is 384 g/mol. The summed E-state index contributed by atoms with van der Waals surface area (Å²) in [4.78, 5) is 5.94. The lowest BCUT2D eigenvalue weighted by Crippen LogP contribution is -2.26. The number of halogens is 2. The number of methoxy groups -OCH3 is 1. The lowest BCUT2D eigenvalue weighted by molar-refractivity contribution is 0.411. The number of benzene rings is 2. The van der Waals surface area contributed by atoms with Crippen LogP contribution in [0.25, 0.3) is 16.8 Å². The van der Waals surface area contributed by atoms with E-state index < -0.39 is 11.6 Å². The molecule has 4 rings (SSSR count). The number of hydrogen-bond donors (Lipinski definition) is 2. The molecule has 0 saturated carbocycles. The third kappa shape index (κ3) is 3.11. The third-order valence-electron chi connectivity index (χ3n) is 4.42. The van der Waals surface area contributed by atoms with Crippen molar-refractivity contribution < 1.29 is 18.6 Å². The number of hydrogen-bond acceptors (Lipinski definition) is 5.